The second-order valence-electron chi connectivity index (χ2n) is 7.96. The Morgan fingerprint density at radius 2 is 1.79 bits per heavy atom. The third-order valence-electron chi connectivity index (χ3n) is 5.73. The van der Waals surface area contributed by atoms with Crippen molar-refractivity contribution in [2.24, 2.45) is 0 Å². The lowest BCUT2D eigenvalue weighted by atomic mass is 10.0. The van der Waals surface area contributed by atoms with Gasteiger partial charge in [-0.3, -0.25) is 9.59 Å². The number of amides is 2. The standard InChI is InChI=1S/C24H21FN6O2/c25-17-5-3-6-19(14-17)31-15-22(28-29-31)24(33)30-12-10-18(11-13-30)26-23(32)21-9-8-16-4-1-2-7-20(16)27-21/h1-9,14-15,18H,10-13H2,(H,26,32). The topological polar surface area (TPSA) is 93.0 Å². The van der Waals surface area contributed by atoms with E-state index in [0.717, 1.165) is 10.9 Å². The molecule has 1 saturated heterocycles. The smallest absolute Gasteiger partial charge is 0.276 e. The number of fused-ring (bicyclic) bond motifs is 1. The molecule has 33 heavy (non-hydrogen) atoms. The van der Waals surface area contributed by atoms with Crippen LogP contribution in [0.2, 0.25) is 0 Å². The number of hydrogen-bond donors (Lipinski definition) is 1. The normalized spacial score (nSPS) is 14.4. The van der Waals surface area contributed by atoms with E-state index >= 15 is 0 Å². The van der Waals surface area contributed by atoms with Crippen LogP contribution in [0.1, 0.15) is 33.8 Å². The van der Waals surface area contributed by atoms with Crippen molar-refractivity contribution in [1.82, 2.24) is 30.2 Å². The third kappa shape index (κ3) is 4.43. The van der Waals surface area contributed by atoms with Gasteiger partial charge in [0.2, 0.25) is 0 Å². The van der Waals surface area contributed by atoms with Gasteiger partial charge in [0.05, 0.1) is 17.4 Å². The van der Waals surface area contributed by atoms with Gasteiger partial charge in [-0.15, -0.1) is 5.10 Å². The van der Waals surface area contributed by atoms with E-state index < -0.39 is 0 Å². The molecule has 0 saturated carbocycles. The number of likely N-dealkylation sites (tertiary alicyclic amines) is 1. The van der Waals surface area contributed by atoms with E-state index in [-0.39, 0.29) is 29.4 Å². The van der Waals surface area contributed by atoms with Crippen molar-refractivity contribution in [1.29, 1.82) is 0 Å². The highest BCUT2D eigenvalue weighted by molar-refractivity contribution is 5.95. The molecule has 166 valence electrons. The first kappa shape index (κ1) is 20.7. The van der Waals surface area contributed by atoms with Gasteiger partial charge in [0.15, 0.2) is 5.69 Å². The van der Waals surface area contributed by atoms with Crippen molar-refractivity contribution in [3.05, 3.63) is 84.1 Å². The van der Waals surface area contributed by atoms with Crippen molar-refractivity contribution < 1.29 is 14.0 Å². The molecular weight excluding hydrogens is 423 g/mol. The number of nitrogens with zero attached hydrogens (tertiary/aromatic N) is 5. The minimum absolute atomic E-state index is 0.0437. The minimum atomic E-state index is -0.390. The number of hydrogen-bond acceptors (Lipinski definition) is 5. The number of benzene rings is 2. The molecule has 0 atom stereocenters. The number of para-hydroxylation sites is 1. The molecule has 2 aromatic heterocycles. The number of carbonyl (C=O) groups is 2. The minimum Gasteiger partial charge on any atom is -0.348 e. The van der Waals surface area contributed by atoms with Gasteiger partial charge in [-0.2, -0.15) is 0 Å². The molecule has 1 aliphatic heterocycles. The molecule has 5 rings (SSSR count). The Labute approximate surface area is 189 Å². The van der Waals surface area contributed by atoms with Gasteiger partial charge in [-0.05, 0) is 43.2 Å². The summed E-state index contributed by atoms with van der Waals surface area (Å²) >= 11 is 0. The summed E-state index contributed by atoms with van der Waals surface area (Å²) < 4.78 is 14.8. The Morgan fingerprint density at radius 1 is 0.970 bits per heavy atom. The van der Waals surface area contributed by atoms with Crippen LogP contribution in [-0.4, -0.2) is 55.8 Å². The van der Waals surface area contributed by atoms with Crippen molar-refractivity contribution in [2.45, 2.75) is 18.9 Å². The third-order valence-corrected chi connectivity index (χ3v) is 5.73. The number of nitrogens with one attached hydrogen (secondary N) is 1. The molecular formula is C24H21FN6O2. The number of rotatable bonds is 4. The molecule has 2 aromatic carbocycles. The zero-order valence-electron chi connectivity index (χ0n) is 17.7. The van der Waals surface area contributed by atoms with Gasteiger partial charge >= 0.3 is 0 Å². The SMILES string of the molecule is O=C(NC1CCN(C(=O)c2cn(-c3cccc(F)c3)nn2)CC1)c1ccc2ccccc2n1. The zero-order chi connectivity index (χ0) is 22.8. The largest absolute Gasteiger partial charge is 0.348 e. The Kier molecular flexibility index (Phi) is 5.52. The molecule has 0 unspecified atom stereocenters. The van der Waals surface area contributed by atoms with E-state index in [1.54, 1.807) is 23.1 Å². The summed E-state index contributed by atoms with van der Waals surface area (Å²) in [4.78, 5) is 31.6. The zero-order valence-corrected chi connectivity index (χ0v) is 17.7. The molecule has 9 heteroatoms. The van der Waals surface area contributed by atoms with Crippen LogP contribution in [0, 0.1) is 5.82 Å². The van der Waals surface area contributed by atoms with Crippen molar-refractivity contribution in [2.75, 3.05) is 13.1 Å². The Hall–Kier alpha value is -4.14. The molecule has 4 aromatic rings. The maximum Gasteiger partial charge on any atom is 0.276 e. The molecule has 0 radical (unpaired) electrons. The predicted octanol–water partition coefficient (Wildman–Crippen LogP) is 2.99. The number of carbonyl (C=O) groups excluding carboxylic acids is 2. The first-order valence-electron chi connectivity index (χ1n) is 10.7. The summed E-state index contributed by atoms with van der Waals surface area (Å²) in [5.41, 5.74) is 1.84. The van der Waals surface area contributed by atoms with E-state index in [2.05, 4.69) is 20.6 Å². The number of piperidine rings is 1. The van der Waals surface area contributed by atoms with Gasteiger partial charge in [0, 0.05) is 24.5 Å². The molecule has 8 nitrogen and oxygen atoms in total. The first-order chi connectivity index (χ1) is 16.1. The highest BCUT2D eigenvalue weighted by Gasteiger charge is 2.26. The average Bonchev–Trinajstić information content (AvgIpc) is 3.34. The highest BCUT2D eigenvalue weighted by Crippen LogP contribution is 2.16. The van der Waals surface area contributed by atoms with Crippen LogP contribution in [0.5, 0.6) is 0 Å². The summed E-state index contributed by atoms with van der Waals surface area (Å²) in [5.74, 6) is -0.846. The first-order valence-corrected chi connectivity index (χ1v) is 10.7. The summed E-state index contributed by atoms with van der Waals surface area (Å²) in [6.45, 7) is 0.976. The fraction of sp³-hybridized carbons (Fsp3) is 0.208. The van der Waals surface area contributed by atoms with Crippen LogP contribution in [-0.2, 0) is 0 Å². The van der Waals surface area contributed by atoms with Crippen LogP contribution < -0.4 is 5.32 Å². The van der Waals surface area contributed by atoms with Crippen LogP contribution in [0.25, 0.3) is 16.6 Å². The van der Waals surface area contributed by atoms with E-state index in [4.69, 9.17) is 0 Å². The fourth-order valence-corrected chi connectivity index (χ4v) is 3.95. The second-order valence-corrected chi connectivity index (χ2v) is 7.96. The van der Waals surface area contributed by atoms with Crippen LogP contribution in [0.3, 0.4) is 0 Å². The molecule has 0 bridgehead atoms. The van der Waals surface area contributed by atoms with Gasteiger partial charge in [0.25, 0.3) is 11.8 Å². The maximum absolute atomic E-state index is 13.4. The molecule has 0 aliphatic carbocycles. The lowest BCUT2D eigenvalue weighted by Gasteiger charge is -2.31. The Balaban J connectivity index is 1.18. The molecule has 3 heterocycles. The van der Waals surface area contributed by atoms with Gasteiger partial charge in [-0.1, -0.05) is 35.5 Å². The highest BCUT2D eigenvalue weighted by atomic mass is 19.1. The molecule has 0 spiro atoms. The van der Waals surface area contributed by atoms with Gasteiger partial charge in [-0.25, -0.2) is 14.1 Å². The predicted molar refractivity (Wildman–Crippen MR) is 119 cm³/mol. The van der Waals surface area contributed by atoms with E-state index in [1.807, 2.05) is 30.3 Å². The van der Waals surface area contributed by atoms with Crippen molar-refractivity contribution in [3.8, 4) is 5.69 Å². The Bertz CT molecular complexity index is 1330. The lowest BCUT2D eigenvalue weighted by molar-refractivity contribution is 0.0692. The summed E-state index contributed by atoms with van der Waals surface area (Å²) in [6, 6.07) is 17.1. The van der Waals surface area contributed by atoms with E-state index in [0.29, 0.717) is 37.3 Å². The van der Waals surface area contributed by atoms with Gasteiger partial charge in [0.1, 0.15) is 11.5 Å². The summed E-state index contributed by atoms with van der Waals surface area (Å²) in [7, 11) is 0. The molecule has 1 fully saturated rings. The van der Waals surface area contributed by atoms with Crippen LogP contribution in [0.15, 0.2) is 66.9 Å². The van der Waals surface area contributed by atoms with E-state index in [9.17, 15) is 14.0 Å². The van der Waals surface area contributed by atoms with Crippen molar-refractivity contribution >= 4 is 22.7 Å². The lowest BCUT2D eigenvalue weighted by Crippen LogP contribution is -2.46. The molecule has 1 N–H and O–H groups in total. The van der Waals surface area contributed by atoms with Crippen molar-refractivity contribution in [3.63, 3.8) is 0 Å². The van der Waals surface area contributed by atoms with E-state index in [1.165, 1.54) is 23.0 Å². The fourth-order valence-electron chi connectivity index (χ4n) is 3.95. The number of pyridine rings is 1. The maximum atomic E-state index is 13.4. The summed E-state index contributed by atoms with van der Waals surface area (Å²) in [6.07, 6.45) is 2.75. The number of halogens is 1. The molecule has 2 amide bonds. The quantitative estimate of drug-likeness (QED) is 0.522. The van der Waals surface area contributed by atoms with Crippen LogP contribution >= 0.6 is 0 Å². The van der Waals surface area contributed by atoms with Crippen LogP contribution in [0.4, 0.5) is 4.39 Å². The average molecular weight is 444 g/mol. The number of aromatic nitrogens is 4. The summed E-state index contributed by atoms with van der Waals surface area (Å²) in [5, 5.41) is 11.9. The Morgan fingerprint density at radius 3 is 2.61 bits per heavy atom. The molecule has 1 aliphatic rings. The van der Waals surface area contributed by atoms with Gasteiger partial charge < -0.3 is 10.2 Å². The second kappa shape index (κ2) is 8.78. The monoisotopic (exact) mass is 444 g/mol.